The lowest BCUT2D eigenvalue weighted by Crippen LogP contribution is -2.50. The van der Waals surface area contributed by atoms with Gasteiger partial charge in [-0.05, 0) is 63.3 Å². The van der Waals surface area contributed by atoms with Gasteiger partial charge in [-0.1, -0.05) is 6.07 Å². The molecule has 1 aromatic carbocycles. The number of nitrogens with two attached hydrogens (primary N) is 1. The third-order valence-corrected chi connectivity index (χ3v) is 3.57. The fourth-order valence-corrected chi connectivity index (χ4v) is 2.61. The Kier molecular flexibility index (Phi) is 3.78. The Balaban J connectivity index is 2.38. The quantitative estimate of drug-likeness (QED) is 0.844. The summed E-state index contributed by atoms with van der Waals surface area (Å²) in [4.78, 5) is 12.5. The summed E-state index contributed by atoms with van der Waals surface area (Å²) in [7, 11) is 1.63. The van der Waals surface area contributed by atoms with Crippen molar-refractivity contribution in [1.82, 2.24) is 0 Å². The molecule has 0 spiro atoms. The van der Waals surface area contributed by atoms with Crippen molar-refractivity contribution < 1.29 is 14.3 Å². The highest BCUT2D eigenvalue weighted by molar-refractivity contribution is 5.83. The van der Waals surface area contributed by atoms with Gasteiger partial charge in [0.05, 0.1) is 7.11 Å². The Labute approximate surface area is 120 Å². The van der Waals surface area contributed by atoms with Crippen LogP contribution in [0.4, 0.5) is 0 Å². The first-order chi connectivity index (χ1) is 9.26. The van der Waals surface area contributed by atoms with Gasteiger partial charge in [0.2, 0.25) is 0 Å². The van der Waals surface area contributed by atoms with Crippen LogP contribution in [0, 0.1) is 0 Å². The van der Waals surface area contributed by atoms with Crippen LogP contribution in [-0.4, -0.2) is 18.7 Å². The summed E-state index contributed by atoms with van der Waals surface area (Å²) in [5, 5.41) is 0. The number of benzene rings is 1. The molecule has 0 heterocycles. The Morgan fingerprint density at radius 3 is 2.65 bits per heavy atom. The van der Waals surface area contributed by atoms with Gasteiger partial charge in [0.15, 0.2) is 0 Å². The molecule has 0 radical (unpaired) electrons. The van der Waals surface area contributed by atoms with Crippen LogP contribution >= 0.6 is 0 Å². The molecule has 0 bridgehead atoms. The molecule has 2 rings (SSSR count). The van der Waals surface area contributed by atoms with E-state index in [4.69, 9.17) is 15.2 Å². The lowest BCUT2D eigenvalue weighted by Gasteiger charge is -2.36. The molecule has 0 amide bonds. The monoisotopic (exact) mass is 277 g/mol. The minimum atomic E-state index is -1.05. The fraction of sp³-hybridized carbons (Fsp3) is 0.562. The van der Waals surface area contributed by atoms with E-state index < -0.39 is 11.1 Å². The van der Waals surface area contributed by atoms with E-state index in [1.54, 1.807) is 7.11 Å². The molecule has 0 aliphatic heterocycles. The van der Waals surface area contributed by atoms with Crippen molar-refractivity contribution in [2.45, 2.75) is 51.2 Å². The van der Waals surface area contributed by atoms with E-state index >= 15 is 0 Å². The lowest BCUT2D eigenvalue weighted by atomic mass is 9.77. The topological polar surface area (TPSA) is 61.5 Å². The van der Waals surface area contributed by atoms with Crippen LogP contribution in [0.3, 0.4) is 0 Å². The van der Waals surface area contributed by atoms with Crippen molar-refractivity contribution in [3.05, 3.63) is 29.3 Å². The van der Waals surface area contributed by atoms with Gasteiger partial charge in [-0.3, -0.25) is 0 Å². The SMILES string of the molecule is COc1ccc2c(c1)CCCC2(N)C(=O)OC(C)(C)C. The molecule has 1 atom stereocenters. The zero-order valence-corrected chi connectivity index (χ0v) is 12.7. The number of ether oxygens (including phenoxy) is 2. The molecule has 4 heteroatoms. The van der Waals surface area contributed by atoms with Crippen LogP contribution < -0.4 is 10.5 Å². The maximum atomic E-state index is 12.5. The van der Waals surface area contributed by atoms with E-state index in [-0.39, 0.29) is 5.97 Å². The third kappa shape index (κ3) is 2.80. The summed E-state index contributed by atoms with van der Waals surface area (Å²) >= 11 is 0. The number of hydrogen-bond donors (Lipinski definition) is 1. The summed E-state index contributed by atoms with van der Waals surface area (Å²) in [6.45, 7) is 5.56. The average molecular weight is 277 g/mol. The summed E-state index contributed by atoms with van der Waals surface area (Å²) in [6.07, 6.45) is 2.39. The molecule has 2 N–H and O–H groups in total. The van der Waals surface area contributed by atoms with Gasteiger partial charge >= 0.3 is 5.97 Å². The molecule has 0 fully saturated rings. The van der Waals surface area contributed by atoms with E-state index in [0.29, 0.717) is 6.42 Å². The molecule has 0 saturated heterocycles. The maximum Gasteiger partial charge on any atom is 0.331 e. The highest BCUT2D eigenvalue weighted by atomic mass is 16.6. The van der Waals surface area contributed by atoms with Crippen molar-refractivity contribution in [3.8, 4) is 5.75 Å². The van der Waals surface area contributed by atoms with Crippen LogP contribution in [0.1, 0.15) is 44.7 Å². The smallest absolute Gasteiger partial charge is 0.331 e. The predicted molar refractivity (Wildman–Crippen MR) is 77.6 cm³/mol. The fourth-order valence-electron chi connectivity index (χ4n) is 2.61. The van der Waals surface area contributed by atoms with Crippen LogP contribution in [0.15, 0.2) is 18.2 Å². The molecule has 110 valence electrons. The molecule has 1 aliphatic carbocycles. The molecule has 0 saturated carbocycles. The Morgan fingerprint density at radius 2 is 2.05 bits per heavy atom. The molecule has 1 unspecified atom stereocenters. The van der Waals surface area contributed by atoms with Crippen LogP contribution in [-0.2, 0) is 21.5 Å². The number of aryl methyl sites for hydroxylation is 1. The molecule has 1 aliphatic rings. The predicted octanol–water partition coefficient (Wildman–Crippen LogP) is 2.53. The molecular weight excluding hydrogens is 254 g/mol. The normalized spacial score (nSPS) is 22.1. The molecule has 0 aromatic heterocycles. The number of carbonyl (C=O) groups is 1. The number of fused-ring (bicyclic) bond motifs is 1. The summed E-state index contributed by atoms with van der Waals surface area (Å²) in [5.74, 6) is 0.438. The Bertz CT molecular complexity index is 519. The van der Waals surface area contributed by atoms with Gasteiger partial charge in [-0.15, -0.1) is 0 Å². The van der Waals surface area contributed by atoms with Gasteiger partial charge in [0.25, 0.3) is 0 Å². The van der Waals surface area contributed by atoms with Crippen molar-refractivity contribution in [3.63, 3.8) is 0 Å². The zero-order chi connectivity index (χ0) is 15.0. The van der Waals surface area contributed by atoms with E-state index in [1.807, 2.05) is 39.0 Å². The average Bonchev–Trinajstić information content (AvgIpc) is 2.36. The lowest BCUT2D eigenvalue weighted by molar-refractivity contribution is -0.162. The Hall–Kier alpha value is -1.55. The second kappa shape index (κ2) is 5.09. The van der Waals surface area contributed by atoms with E-state index in [9.17, 15) is 4.79 Å². The molecule has 1 aromatic rings. The van der Waals surface area contributed by atoms with Crippen molar-refractivity contribution >= 4 is 5.97 Å². The minimum absolute atomic E-state index is 0.351. The zero-order valence-electron chi connectivity index (χ0n) is 12.7. The number of methoxy groups -OCH3 is 1. The van der Waals surface area contributed by atoms with Gasteiger partial charge in [-0.2, -0.15) is 0 Å². The van der Waals surface area contributed by atoms with E-state index in [1.165, 1.54) is 0 Å². The standard InChI is InChI=1S/C16H23NO3/c1-15(2,3)20-14(18)16(17)9-5-6-11-10-12(19-4)7-8-13(11)16/h7-8,10H,5-6,9,17H2,1-4H3. The van der Waals surface area contributed by atoms with Gasteiger partial charge in [-0.25, -0.2) is 4.79 Å². The number of hydrogen-bond acceptors (Lipinski definition) is 4. The van der Waals surface area contributed by atoms with Crippen LogP contribution in [0.2, 0.25) is 0 Å². The van der Waals surface area contributed by atoms with Crippen molar-refractivity contribution in [2.75, 3.05) is 7.11 Å². The second-order valence-corrected chi connectivity index (χ2v) is 6.35. The highest BCUT2D eigenvalue weighted by Crippen LogP contribution is 2.36. The largest absolute Gasteiger partial charge is 0.497 e. The highest BCUT2D eigenvalue weighted by Gasteiger charge is 2.42. The molecule has 20 heavy (non-hydrogen) atoms. The number of rotatable bonds is 2. The third-order valence-electron chi connectivity index (χ3n) is 3.57. The van der Waals surface area contributed by atoms with Gasteiger partial charge in [0.1, 0.15) is 16.9 Å². The van der Waals surface area contributed by atoms with Gasteiger partial charge in [0, 0.05) is 0 Å². The van der Waals surface area contributed by atoms with Gasteiger partial charge < -0.3 is 15.2 Å². The number of esters is 1. The molecular formula is C16H23NO3. The van der Waals surface area contributed by atoms with Crippen molar-refractivity contribution in [2.24, 2.45) is 5.73 Å². The van der Waals surface area contributed by atoms with Crippen molar-refractivity contribution in [1.29, 1.82) is 0 Å². The van der Waals surface area contributed by atoms with E-state index in [2.05, 4.69) is 0 Å². The molecule has 4 nitrogen and oxygen atoms in total. The summed E-state index contributed by atoms with van der Waals surface area (Å²) in [6, 6.07) is 5.69. The Morgan fingerprint density at radius 1 is 1.35 bits per heavy atom. The second-order valence-electron chi connectivity index (χ2n) is 6.35. The maximum absolute atomic E-state index is 12.5. The van der Waals surface area contributed by atoms with Crippen LogP contribution in [0.25, 0.3) is 0 Å². The number of carbonyl (C=O) groups excluding carboxylic acids is 1. The summed E-state index contributed by atoms with van der Waals surface area (Å²) < 4.78 is 10.7. The first-order valence-electron chi connectivity index (χ1n) is 6.96. The summed E-state index contributed by atoms with van der Waals surface area (Å²) in [5.41, 5.74) is 6.75. The first kappa shape index (κ1) is 14.9. The van der Waals surface area contributed by atoms with E-state index in [0.717, 1.165) is 29.7 Å². The first-order valence-corrected chi connectivity index (χ1v) is 6.96. The van der Waals surface area contributed by atoms with Crippen LogP contribution in [0.5, 0.6) is 5.75 Å². The minimum Gasteiger partial charge on any atom is -0.497 e.